The molecule has 2 aromatic heterocycles. The molecule has 0 saturated carbocycles. The number of carbonyl (C=O) groups is 1. The van der Waals surface area contributed by atoms with Gasteiger partial charge in [0.15, 0.2) is 5.16 Å². The lowest BCUT2D eigenvalue weighted by Crippen LogP contribution is -2.17. The summed E-state index contributed by atoms with van der Waals surface area (Å²) in [6.07, 6.45) is -2.23. The van der Waals surface area contributed by atoms with E-state index in [1.54, 1.807) is 7.11 Å². The van der Waals surface area contributed by atoms with Gasteiger partial charge in [-0.05, 0) is 36.4 Å². The van der Waals surface area contributed by atoms with Gasteiger partial charge in [0.25, 0.3) is 0 Å². The third-order valence-electron chi connectivity index (χ3n) is 4.41. The zero-order chi connectivity index (χ0) is 23.1. The number of nitrogens with zero attached hydrogens (tertiary/aromatic N) is 4. The van der Waals surface area contributed by atoms with Gasteiger partial charge in [-0.1, -0.05) is 11.8 Å². The number of methoxy groups -OCH3 is 1. The standard InChI is InChI=1S/C20H22F3N5O3S/c1-27-9-3-4-15(27)12-17-25-26-19(28(17)10-11-30-2)32-13-18(29)24-14-5-7-16(8-6-14)31-20(21,22)23/h3-9H,10-13H2,1-2H3,(H,24,29). The van der Waals surface area contributed by atoms with Crippen LogP contribution in [-0.2, 0) is 29.5 Å². The van der Waals surface area contributed by atoms with Crippen molar-refractivity contribution in [3.8, 4) is 5.75 Å². The molecule has 1 aromatic carbocycles. The molecule has 8 nitrogen and oxygen atoms in total. The van der Waals surface area contributed by atoms with Crippen LogP contribution in [0.5, 0.6) is 5.75 Å². The molecule has 2 heterocycles. The Labute approximate surface area is 186 Å². The number of amides is 1. The van der Waals surface area contributed by atoms with Gasteiger partial charge < -0.3 is 23.9 Å². The van der Waals surface area contributed by atoms with Crippen LogP contribution in [0, 0.1) is 0 Å². The van der Waals surface area contributed by atoms with Gasteiger partial charge in [-0.3, -0.25) is 4.79 Å². The summed E-state index contributed by atoms with van der Waals surface area (Å²) in [5.74, 6) is 0.120. The van der Waals surface area contributed by atoms with Crippen LogP contribution < -0.4 is 10.1 Å². The number of aromatic nitrogens is 4. The Balaban J connectivity index is 1.60. The highest BCUT2D eigenvalue weighted by Crippen LogP contribution is 2.24. The third kappa shape index (κ3) is 6.76. The summed E-state index contributed by atoms with van der Waals surface area (Å²) in [6, 6.07) is 8.89. The van der Waals surface area contributed by atoms with E-state index in [1.807, 2.05) is 34.5 Å². The van der Waals surface area contributed by atoms with E-state index < -0.39 is 6.36 Å². The molecule has 0 radical (unpaired) electrons. The second-order valence-electron chi connectivity index (χ2n) is 6.74. The van der Waals surface area contributed by atoms with Crippen molar-refractivity contribution < 1.29 is 27.4 Å². The van der Waals surface area contributed by atoms with Gasteiger partial charge in [-0.2, -0.15) is 0 Å². The second kappa shape index (κ2) is 10.6. The molecule has 0 bridgehead atoms. The first kappa shape index (κ1) is 23.7. The first-order valence-corrected chi connectivity index (χ1v) is 10.5. The minimum absolute atomic E-state index is 0.0517. The summed E-state index contributed by atoms with van der Waals surface area (Å²) in [5, 5.41) is 11.7. The molecular weight excluding hydrogens is 447 g/mol. The van der Waals surface area contributed by atoms with Crippen LogP contribution >= 0.6 is 11.8 Å². The molecule has 172 valence electrons. The smallest absolute Gasteiger partial charge is 0.406 e. The summed E-state index contributed by atoms with van der Waals surface area (Å²) >= 11 is 1.22. The molecule has 12 heteroatoms. The topological polar surface area (TPSA) is 83.2 Å². The highest BCUT2D eigenvalue weighted by molar-refractivity contribution is 7.99. The molecule has 3 rings (SSSR count). The summed E-state index contributed by atoms with van der Waals surface area (Å²) in [4.78, 5) is 12.3. The Morgan fingerprint density at radius 1 is 1.19 bits per heavy atom. The van der Waals surface area contributed by atoms with Crippen molar-refractivity contribution in [2.24, 2.45) is 7.05 Å². The fraction of sp³-hybridized carbons (Fsp3) is 0.350. The molecule has 0 saturated heterocycles. The van der Waals surface area contributed by atoms with Crippen LogP contribution in [0.1, 0.15) is 11.5 Å². The number of anilines is 1. The number of alkyl halides is 3. The molecule has 0 unspecified atom stereocenters. The van der Waals surface area contributed by atoms with Crippen LogP contribution in [0.2, 0.25) is 0 Å². The molecule has 32 heavy (non-hydrogen) atoms. The number of nitrogens with one attached hydrogen (secondary N) is 1. The van der Waals surface area contributed by atoms with Gasteiger partial charge in [-0.25, -0.2) is 0 Å². The van der Waals surface area contributed by atoms with Crippen LogP contribution in [0.15, 0.2) is 47.8 Å². The van der Waals surface area contributed by atoms with E-state index in [0.29, 0.717) is 30.4 Å². The zero-order valence-electron chi connectivity index (χ0n) is 17.4. The Morgan fingerprint density at radius 2 is 1.94 bits per heavy atom. The summed E-state index contributed by atoms with van der Waals surface area (Å²) in [7, 11) is 3.56. The molecule has 0 aliphatic rings. The van der Waals surface area contributed by atoms with Crippen molar-refractivity contribution in [3.63, 3.8) is 0 Å². The maximum absolute atomic E-state index is 12.3. The van der Waals surface area contributed by atoms with E-state index in [2.05, 4.69) is 20.3 Å². The first-order chi connectivity index (χ1) is 15.2. The number of hydrogen-bond acceptors (Lipinski definition) is 6. The van der Waals surface area contributed by atoms with Crippen molar-refractivity contribution in [2.45, 2.75) is 24.5 Å². The zero-order valence-corrected chi connectivity index (χ0v) is 18.2. The summed E-state index contributed by atoms with van der Waals surface area (Å²) < 4.78 is 49.6. The average Bonchev–Trinajstić information content (AvgIpc) is 3.31. The molecule has 1 N–H and O–H groups in total. The Hall–Kier alpha value is -2.99. The summed E-state index contributed by atoms with van der Waals surface area (Å²) in [6.45, 7) is 0.998. The number of aryl methyl sites for hydroxylation is 1. The monoisotopic (exact) mass is 469 g/mol. The fourth-order valence-corrected chi connectivity index (χ4v) is 3.66. The molecule has 1 amide bonds. The minimum Gasteiger partial charge on any atom is -0.406 e. The van der Waals surface area contributed by atoms with E-state index in [1.165, 1.54) is 23.9 Å². The maximum Gasteiger partial charge on any atom is 0.573 e. The quantitative estimate of drug-likeness (QED) is 0.458. The van der Waals surface area contributed by atoms with Crippen molar-refractivity contribution in [1.82, 2.24) is 19.3 Å². The van der Waals surface area contributed by atoms with Crippen LogP contribution in [-0.4, -0.2) is 51.1 Å². The number of benzene rings is 1. The molecule has 3 aromatic rings. The van der Waals surface area contributed by atoms with E-state index in [0.717, 1.165) is 23.7 Å². The highest BCUT2D eigenvalue weighted by Gasteiger charge is 2.31. The molecule has 0 aliphatic heterocycles. The van der Waals surface area contributed by atoms with Crippen molar-refractivity contribution >= 4 is 23.4 Å². The normalized spacial score (nSPS) is 11.5. The largest absolute Gasteiger partial charge is 0.573 e. The molecule has 0 aliphatic carbocycles. The summed E-state index contributed by atoms with van der Waals surface area (Å²) in [5.41, 5.74) is 1.43. The molecule has 0 fully saturated rings. The van der Waals surface area contributed by atoms with E-state index in [9.17, 15) is 18.0 Å². The highest BCUT2D eigenvalue weighted by atomic mass is 32.2. The van der Waals surface area contributed by atoms with Crippen LogP contribution in [0.25, 0.3) is 0 Å². The average molecular weight is 469 g/mol. The van der Waals surface area contributed by atoms with E-state index >= 15 is 0 Å². The molecule has 0 atom stereocenters. The Kier molecular flexibility index (Phi) is 7.80. The lowest BCUT2D eigenvalue weighted by atomic mass is 10.3. The fourth-order valence-electron chi connectivity index (χ4n) is 2.87. The Bertz CT molecular complexity index is 1030. The van der Waals surface area contributed by atoms with Gasteiger partial charge in [0.2, 0.25) is 5.91 Å². The van der Waals surface area contributed by atoms with Crippen molar-refractivity contribution in [2.75, 3.05) is 24.8 Å². The maximum atomic E-state index is 12.3. The van der Waals surface area contributed by atoms with E-state index in [-0.39, 0.29) is 17.4 Å². The predicted molar refractivity (Wildman–Crippen MR) is 113 cm³/mol. The number of hydrogen-bond donors (Lipinski definition) is 1. The second-order valence-corrected chi connectivity index (χ2v) is 7.68. The lowest BCUT2D eigenvalue weighted by molar-refractivity contribution is -0.274. The van der Waals surface area contributed by atoms with E-state index in [4.69, 9.17) is 4.74 Å². The molecule has 0 spiro atoms. The molecular formula is C20H22F3N5O3S. The van der Waals surface area contributed by atoms with Gasteiger partial charge in [0.05, 0.1) is 12.4 Å². The lowest BCUT2D eigenvalue weighted by Gasteiger charge is -2.11. The number of halogens is 3. The number of ether oxygens (including phenoxy) is 2. The van der Waals surface area contributed by atoms with Gasteiger partial charge in [0.1, 0.15) is 11.6 Å². The number of carbonyl (C=O) groups excluding carboxylic acids is 1. The van der Waals surface area contributed by atoms with Crippen molar-refractivity contribution in [3.05, 3.63) is 54.1 Å². The van der Waals surface area contributed by atoms with Gasteiger partial charge in [0, 0.05) is 44.7 Å². The Morgan fingerprint density at radius 3 is 2.56 bits per heavy atom. The predicted octanol–water partition coefficient (Wildman–Crippen LogP) is 3.48. The van der Waals surface area contributed by atoms with Crippen LogP contribution in [0.4, 0.5) is 18.9 Å². The third-order valence-corrected chi connectivity index (χ3v) is 5.37. The SMILES string of the molecule is COCCn1c(Cc2cccn2C)nnc1SCC(=O)Nc1ccc(OC(F)(F)F)cc1. The van der Waals surface area contributed by atoms with Crippen molar-refractivity contribution in [1.29, 1.82) is 0 Å². The van der Waals surface area contributed by atoms with Gasteiger partial charge in [-0.15, -0.1) is 23.4 Å². The van der Waals surface area contributed by atoms with Crippen LogP contribution in [0.3, 0.4) is 0 Å². The number of rotatable bonds is 10. The van der Waals surface area contributed by atoms with Gasteiger partial charge >= 0.3 is 6.36 Å². The minimum atomic E-state index is -4.76. The first-order valence-electron chi connectivity index (χ1n) is 9.55. The number of thioether (sulfide) groups is 1.